The molecule has 0 unspecified atom stereocenters. The number of hydrogen-bond donors (Lipinski definition) is 1. The highest BCUT2D eigenvalue weighted by Gasteiger charge is 2.11. The zero-order valence-corrected chi connectivity index (χ0v) is 15.4. The van der Waals surface area contributed by atoms with Gasteiger partial charge in [0.2, 0.25) is 0 Å². The van der Waals surface area contributed by atoms with Gasteiger partial charge in [0, 0.05) is 11.1 Å². The van der Waals surface area contributed by atoms with E-state index in [1.807, 2.05) is 42.5 Å². The summed E-state index contributed by atoms with van der Waals surface area (Å²) in [5.74, 6) is 0.705. The van der Waals surface area contributed by atoms with E-state index in [0.717, 1.165) is 11.3 Å². The lowest BCUT2D eigenvalue weighted by Gasteiger charge is -2.14. The van der Waals surface area contributed by atoms with Crippen LogP contribution in [-0.2, 0) is 6.61 Å². The SMILES string of the molecule is COc1cccc(C=NNc2ccccc2)c1OCc1ccc(F)cc1Cl. The summed E-state index contributed by atoms with van der Waals surface area (Å²) in [4.78, 5) is 0. The van der Waals surface area contributed by atoms with E-state index in [1.165, 1.54) is 12.1 Å². The molecule has 138 valence electrons. The minimum atomic E-state index is -0.388. The van der Waals surface area contributed by atoms with E-state index in [-0.39, 0.29) is 12.4 Å². The first-order chi connectivity index (χ1) is 13.2. The predicted molar refractivity (Wildman–Crippen MR) is 106 cm³/mol. The maximum Gasteiger partial charge on any atom is 0.170 e. The maximum atomic E-state index is 13.2. The fraction of sp³-hybridized carbons (Fsp3) is 0.0952. The number of halogens is 2. The van der Waals surface area contributed by atoms with Crippen LogP contribution in [0.5, 0.6) is 11.5 Å². The van der Waals surface area contributed by atoms with Gasteiger partial charge in [0.1, 0.15) is 12.4 Å². The van der Waals surface area contributed by atoms with Crippen LogP contribution in [0.3, 0.4) is 0 Å². The number of benzene rings is 3. The van der Waals surface area contributed by atoms with Gasteiger partial charge in [-0.15, -0.1) is 0 Å². The molecule has 0 amide bonds. The number of hydrogen-bond acceptors (Lipinski definition) is 4. The topological polar surface area (TPSA) is 42.8 Å². The summed E-state index contributed by atoms with van der Waals surface area (Å²) < 4.78 is 24.5. The summed E-state index contributed by atoms with van der Waals surface area (Å²) in [6.45, 7) is 0.173. The van der Waals surface area contributed by atoms with Crippen molar-refractivity contribution in [3.05, 3.63) is 88.7 Å². The molecule has 0 heterocycles. The first kappa shape index (κ1) is 18.7. The molecule has 0 aliphatic carbocycles. The Kier molecular flexibility index (Phi) is 6.28. The van der Waals surface area contributed by atoms with Crippen molar-refractivity contribution in [1.29, 1.82) is 0 Å². The van der Waals surface area contributed by atoms with Gasteiger partial charge in [-0.2, -0.15) is 5.10 Å². The van der Waals surface area contributed by atoms with Crippen molar-refractivity contribution >= 4 is 23.5 Å². The van der Waals surface area contributed by atoms with Crippen LogP contribution in [0.15, 0.2) is 71.8 Å². The van der Waals surface area contributed by atoms with Crippen LogP contribution < -0.4 is 14.9 Å². The van der Waals surface area contributed by atoms with Crippen molar-refractivity contribution in [2.45, 2.75) is 6.61 Å². The summed E-state index contributed by atoms with van der Waals surface area (Å²) >= 11 is 6.07. The number of hydrazone groups is 1. The molecule has 0 spiro atoms. The second-order valence-electron chi connectivity index (χ2n) is 5.64. The van der Waals surface area contributed by atoms with Gasteiger partial charge in [-0.05, 0) is 36.4 Å². The Bertz CT molecular complexity index is 933. The van der Waals surface area contributed by atoms with Gasteiger partial charge >= 0.3 is 0 Å². The van der Waals surface area contributed by atoms with Crippen LogP contribution in [0.1, 0.15) is 11.1 Å². The number of anilines is 1. The molecule has 27 heavy (non-hydrogen) atoms. The third-order valence-corrected chi connectivity index (χ3v) is 4.14. The number of nitrogens with one attached hydrogen (secondary N) is 1. The van der Waals surface area contributed by atoms with E-state index in [1.54, 1.807) is 25.5 Å². The Morgan fingerprint density at radius 3 is 2.63 bits per heavy atom. The minimum absolute atomic E-state index is 0.173. The maximum absolute atomic E-state index is 13.2. The fourth-order valence-corrected chi connectivity index (χ4v) is 2.65. The molecular weight excluding hydrogens is 367 g/mol. The molecule has 1 N–H and O–H groups in total. The van der Waals surface area contributed by atoms with Crippen LogP contribution in [0.4, 0.5) is 10.1 Å². The van der Waals surface area contributed by atoms with E-state index in [2.05, 4.69) is 10.5 Å². The van der Waals surface area contributed by atoms with E-state index in [0.29, 0.717) is 22.1 Å². The largest absolute Gasteiger partial charge is 0.493 e. The molecule has 3 aromatic rings. The monoisotopic (exact) mass is 384 g/mol. The minimum Gasteiger partial charge on any atom is -0.493 e. The molecule has 0 aliphatic heterocycles. The molecule has 6 heteroatoms. The second kappa shape index (κ2) is 9.05. The smallest absolute Gasteiger partial charge is 0.170 e. The fourth-order valence-electron chi connectivity index (χ4n) is 2.43. The average Bonchev–Trinajstić information content (AvgIpc) is 2.68. The third kappa shape index (κ3) is 4.99. The van der Waals surface area contributed by atoms with Crippen molar-refractivity contribution in [2.75, 3.05) is 12.5 Å². The second-order valence-corrected chi connectivity index (χ2v) is 6.05. The van der Waals surface area contributed by atoms with Gasteiger partial charge < -0.3 is 9.47 Å². The van der Waals surface area contributed by atoms with Crippen molar-refractivity contribution in [3.8, 4) is 11.5 Å². The zero-order valence-electron chi connectivity index (χ0n) is 14.7. The summed E-state index contributed by atoms with van der Waals surface area (Å²) in [5, 5.41) is 4.56. The molecular formula is C21H18ClFN2O2. The lowest BCUT2D eigenvalue weighted by molar-refractivity contribution is 0.284. The Morgan fingerprint density at radius 2 is 1.89 bits per heavy atom. The van der Waals surface area contributed by atoms with E-state index >= 15 is 0 Å². The van der Waals surface area contributed by atoms with Crippen molar-refractivity contribution in [2.24, 2.45) is 5.10 Å². The summed E-state index contributed by atoms with van der Waals surface area (Å²) in [6, 6.07) is 19.3. The number of rotatable bonds is 7. The molecule has 3 aromatic carbocycles. The molecule has 0 saturated carbocycles. The first-order valence-electron chi connectivity index (χ1n) is 8.25. The quantitative estimate of drug-likeness (QED) is 0.431. The van der Waals surface area contributed by atoms with E-state index < -0.39 is 0 Å². The summed E-state index contributed by atoms with van der Waals surface area (Å²) in [7, 11) is 1.57. The van der Waals surface area contributed by atoms with Crippen LogP contribution in [0, 0.1) is 5.82 Å². The summed E-state index contributed by atoms with van der Waals surface area (Å²) in [6.07, 6.45) is 1.65. The number of methoxy groups -OCH3 is 1. The zero-order chi connectivity index (χ0) is 19.1. The van der Waals surface area contributed by atoms with Gasteiger partial charge in [0.05, 0.1) is 24.0 Å². The Hall–Kier alpha value is -3.05. The van der Waals surface area contributed by atoms with E-state index in [4.69, 9.17) is 21.1 Å². The van der Waals surface area contributed by atoms with Crippen LogP contribution in [0.2, 0.25) is 5.02 Å². The molecule has 3 rings (SSSR count). The molecule has 0 bridgehead atoms. The highest BCUT2D eigenvalue weighted by molar-refractivity contribution is 6.31. The third-order valence-electron chi connectivity index (χ3n) is 3.79. The van der Waals surface area contributed by atoms with Crippen molar-refractivity contribution in [3.63, 3.8) is 0 Å². The Morgan fingerprint density at radius 1 is 1.07 bits per heavy atom. The molecule has 4 nitrogen and oxygen atoms in total. The molecule has 0 aromatic heterocycles. The lowest BCUT2D eigenvalue weighted by Crippen LogP contribution is -2.02. The van der Waals surface area contributed by atoms with E-state index in [9.17, 15) is 4.39 Å². The van der Waals surface area contributed by atoms with Gasteiger partial charge in [-0.1, -0.05) is 41.9 Å². The van der Waals surface area contributed by atoms with Crippen LogP contribution in [-0.4, -0.2) is 13.3 Å². The molecule has 0 radical (unpaired) electrons. The summed E-state index contributed by atoms with van der Waals surface area (Å²) in [5.41, 5.74) is 5.24. The Labute approximate surface area is 162 Å². The number of ether oxygens (including phenoxy) is 2. The standard InChI is InChI=1S/C21H18ClFN2O2/c1-26-20-9-5-6-15(13-24-25-18-7-3-2-4-8-18)21(20)27-14-16-10-11-17(23)12-19(16)22/h2-13,25H,14H2,1H3. The van der Waals surface area contributed by atoms with Crippen molar-refractivity contribution < 1.29 is 13.9 Å². The van der Waals surface area contributed by atoms with Gasteiger partial charge in [0.15, 0.2) is 11.5 Å². The molecule has 0 saturated heterocycles. The van der Waals surface area contributed by atoms with Crippen molar-refractivity contribution in [1.82, 2.24) is 0 Å². The van der Waals surface area contributed by atoms with Gasteiger partial charge in [0.25, 0.3) is 0 Å². The molecule has 0 atom stereocenters. The first-order valence-corrected chi connectivity index (χ1v) is 8.63. The van der Waals surface area contributed by atoms with Crippen LogP contribution in [0.25, 0.3) is 0 Å². The predicted octanol–water partition coefficient (Wildman–Crippen LogP) is 5.51. The Balaban J connectivity index is 1.78. The van der Waals surface area contributed by atoms with Gasteiger partial charge in [-0.25, -0.2) is 4.39 Å². The lowest BCUT2D eigenvalue weighted by atomic mass is 10.2. The number of para-hydroxylation sites is 2. The average molecular weight is 385 g/mol. The number of nitrogens with zero attached hydrogens (tertiary/aromatic N) is 1. The molecule has 0 aliphatic rings. The normalized spacial score (nSPS) is 10.8. The van der Waals surface area contributed by atoms with Gasteiger partial charge in [-0.3, -0.25) is 5.43 Å². The van der Waals surface area contributed by atoms with Crippen LogP contribution >= 0.6 is 11.6 Å². The highest BCUT2D eigenvalue weighted by Crippen LogP contribution is 2.31. The highest BCUT2D eigenvalue weighted by atomic mass is 35.5. The molecule has 0 fully saturated rings.